The topological polar surface area (TPSA) is 33.0 Å². The molecule has 0 aromatic heterocycles. The lowest BCUT2D eigenvalue weighted by atomic mass is 10.2. The SMILES string of the molecule is N#Cc1ccc(OCCCF)cc1. The predicted octanol–water partition coefficient (Wildman–Crippen LogP) is 2.30. The largest absolute Gasteiger partial charge is 0.493 e. The van der Waals surface area contributed by atoms with Gasteiger partial charge < -0.3 is 4.74 Å². The van der Waals surface area contributed by atoms with E-state index in [1.807, 2.05) is 6.07 Å². The van der Waals surface area contributed by atoms with Crippen molar-refractivity contribution in [2.75, 3.05) is 13.3 Å². The molecule has 0 bridgehead atoms. The van der Waals surface area contributed by atoms with Crippen LogP contribution < -0.4 is 4.74 Å². The van der Waals surface area contributed by atoms with Crippen LogP contribution in [0, 0.1) is 11.3 Å². The van der Waals surface area contributed by atoms with E-state index < -0.39 is 0 Å². The molecule has 3 heteroatoms. The zero-order valence-corrected chi connectivity index (χ0v) is 7.16. The van der Waals surface area contributed by atoms with Gasteiger partial charge in [-0.15, -0.1) is 0 Å². The molecule has 1 aromatic carbocycles. The van der Waals surface area contributed by atoms with Gasteiger partial charge in [0, 0.05) is 6.42 Å². The molecule has 68 valence electrons. The van der Waals surface area contributed by atoms with Gasteiger partial charge in [-0.1, -0.05) is 0 Å². The smallest absolute Gasteiger partial charge is 0.119 e. The van der Waals surface area contributed by atoms with E-state index in [0.29, 0.717) is 24.3 Å². The molecule has 0 saturated heterocycles. The van der Waals surface area contributed by atoms with Crippen molar-refractivity contribution in [2.24, 2.45) is 0 Å². The van der Waals surface area contributed by atoms with Crippen molar-refractivity contribution in [1.29, 1.82) is 5.26 Å². The van der Waals surface area contributed by atoms with E-state index in [0.717, 1.165) is 0 Å². The average molecular weight is 179 g/mol. The molecular weight excluding hydrogens is 169 g/mol. The van der Waals surface area contributed by atoms with Crippen LogP contribution in [-0.4, -0.2) is 13.3 Å². The minimum atomic E-state index is -0.365. The Morgan fingerprint density at radius 3 is 2.54 bits per heavy atom. The third-order valence-corrected chi connectivity index (χ3v) is 1.53. The number of nitrogens with zero attached hydrogens (tertiary/aromatic N) is 1. The molecule has 0 saturated carbocycles. The summed E-state index contributed by atoms with van der Waals surface area (Å²) in [5.74, 6) is 0.674. The van der Waals surface area contributed by atoms with Crippen LogP contribution in [0.5, 0.6) is 5.75 Å². The molecule has 0 fully saturated rings. The Hall–Kier alpha value is -1.56. The van der Waals surface area contributed by atoms with Gasteiger partial charge in [-0.2, -0.15) is 5.26 Å². The van der Waals surface area contributed by atoms with Crippen molar-refractivity contribution >= 4 is 0 Å². The summed E-state index contributed by atoms with van der Waals surface area (Å²) >= 11 is 0. The van der Waals surface area contributed by atoms with Crippen LogP contribution in [0.15, 0.2) is 24.3 Å². The monoisotopic (exact) mass is 179 g/mol. The summed E-state index contributed by atoms with van der Waals surface area (Å²) in [5.41, 5.74) is 0.595. The van der Waals surface area contributed by atoms with Crippen molar-refractivity contribution in [3.8, 4) is 11.8 Å². The Bertz CT molecular complexity index is 289. The minimum absolute atomic E-state index is 0.365. The highest BCUT2D eigenvalue weighted by Gasteiger charge is 1.93. The molecule has 0 aliphatic heterocycles. The van der Waals surface area contributed by atoms with Crippen molar-refractivity contribution in [3.63, 3.8) is 0 Å². The summed E-state index contributed by atoms with van der Waals surface area (Å²) in [6.45, 7) is 0.0126. The number of alkyl halides is 1. The number of benzene rings is 1. The molecule has 1 aromatic rings. The highest BCUT2D eigenvalue weighted by atomic mass is 19.1. The van der Waals surface area contributed by atoms with E-state index >= 15 is 0 Å². The Morgan fingerprint density at radius 2 is 2.00 bits per heavy atom. The van der Waals surface area contributed by atoms with Crippen LogP contribution in [0.3, 0.4) is 0 Å². The van der Waals surface area contributed by atoms with Gasteiger partial charge in [0.25, 0.3) is 0 Å². The van der Waals surface area contributed by atoms with Crippen LogP contribution in [0.1, 0.15) is 12.0 Å². The van der Waals surface area contributed by atoms with Gasteiger partial charge in [0.1, 0.15) is 5.75 Å². The van der Waals surface area contributed by atoms with E-state index in [2.05, 4.69) is 0 Å². The fraction of sp³-hybridized carbons (Fsp3) is 0.300. The molecule has 1 rings (SSSR count). The van der Waals surface area contributed by atoms with Crippen LogP contribution in [0.25, 0.3) is 0 Å². The number of nitriles is 1. The highest BCUT2D eigenvalue weighted by molar-refractivity contribution is 5.34. The molecule has 0 atom stereocenters. The fourth-order valence-corrected chi connectivity index (χ4v) is 0.870. The van der Waals surface area contributed by atoms with Crippen LogP contribution in [0.4, 0.5) is 4.39 Å². The van der Waals surface area contributed by atoms with E-state index in [9.17, 15) is 4.39 Å². The zero-order valence-electron chi connectivity index (χ0n) is 7.16. The zero-order chi connectivity index (χ0) is 9.52. The summed E-state index contributed by atoms with van der Waals surface area (Å²) < 4.78 is 16.9. The lowest BCUT2D eigenvalue weighted by Gasteiger charge is -2.03. The van der Waals surface area contributed by atoms with Crippen LogP contribution in [-0.2, 0) is 0 Å². The second-order valence-electron chi connectivity index (χ2n) is 2.53. The maximum atomic E-state index is 11.7. The first-order valence-corrected chi connectivity index (χ1v) is 4.06. The summed E-state index contributed by atoms with van der Waals surface area (Å²) in [6, 6.07) is 8.76. The van der Waals surface area contributed by atoms with Crippen molar-refractivity contribution in [2.45, 2.75) is 6.42 Å². The maximum Gasteiger partial charge on any atom is 0.119 e. The first-order valence-electron chi connectivity index (χ1n) is 4.06. The van der Waals surface area contributed by atoms with Crippen molar-refractivity contribution < 1.29 is 9.13 Å². The lowest BCUT2D eigenvalue weighted by Crippen LogP contribution is -1.97. The predicted molar refractivity (Wildman–Crippen MR) is 47.2 cm³/mol. The Morgan fingerprint density at radius 1 is 1.31 bits per heavy atom. The molecule has 13 heavy (non-hydrogen) atoms. The summed E-state index contributed by atoms with van der Waals surface area (Å²) in [6.07, 6.45) is 0.403. The highest BCUT2D eigenvalue weighted by Crippen LogP contribution is 2.11. The van der Waals surface area contributed by atoms with Gasteiger partial charge >= 0.3 is 0 Å². The molecule has 0 unspecified atom stereocenters. The molecule has 0 radical (unpaired) electrons. The number of hydrogen-bond acceptors (Lipinski definition) is 2. The summed E-state index contributed by atoms with van der Waals surface area (Å²) in [7, 11) is 0. The normalized spacial score (nSPS) is 9.23. The first-order chi connectivity index (χ1) is 6.36. The number of ether oxygens (including phenoxy) is 1. The molecule has 0 heterocycles. The standard InChI is InChI=1S/C10H10FNO/c11-6-1-7-13-10-4-2-9(8-12)3-5-10/h2-5H,1,6-7H2. The van der Waals surface area contributed by atoms with Crippen LogP contribution in [0.2, 0.25) is 0 Å². The number of halogens is 1. The molecule has 0 N–H and O–H groups in total. The first kappa shape index (κ1) is 9.53. The van der Waals surface area contributed by atoms with E-state index in [-0.39, 0.29) is 6.67 Å². The van der Waals surface area contributed by atoms with Gasteiger partial charge in [-0.3, -0.25) is 4.39 Å². The van der Waals surface area contributed by atoms with Crippen molar-refractivity contribution in [3.05, 3.63) is 29.8 Å². The average Bonchev–Trinajstić information content (AvgIpc) is 2.19. The quantitative estimate of drug-likeness (QED) is 0.664. The lowest BCUT2D eigenvalue weighted by molar-refractivity contribution is 0.289. The van der Waals surface area contributed by atoms with Gasteiger partial charge in [-0.25, -0.2) is 0 Å². The minimum Gasteiger partial charge on any atom is -0.493 e. The third kappa shape index (κ3) is 3.12. The second kappa shape index (κ2) is 5.15. The number of rotatable bonds is 4. The van der Waals surface area contributed by atoms with E-state index in [1.165, 1.54) is 0 Å². The van der Waals surface area contributed by atoms with Gasteiger partial charge in [-0.05, 0) is 24.3 Å². The molecule has 0 aliphatic rings. The number of hydrogen-bond donors (Lipinski definition) is 0. The maximum absolute atomic E-state index is 11.7. The Balaban J connectivity index is 2.46. The van der Waals surface area contributed by atoms with Gasteiger partial charge in [0.15, 0.2) is 0 Å². The molecule has 0 amide bonds. The summed E-state index contributed by atoms with van der Waals surface area (Å²) in [5, 5.41) is 8.50. The fourth-order valence-electron chi connectivity index (χ4n) is 0.870. The second-order valence-corrected chi connectivity index (χ2v) is 2.53. The van der Waals surface area contributed by atoms with Gasteiger partial charge in [0.05, 0.1) is 24.9 Å². The Labute approximate surface area is 76.6 Å². The molecule has 2 nitrogen and oxygen atoms in total. The Kier molecular flexibility index (Phi) is 3.77. The van der Waals surface area contributed by atoms with E-state index in [4.69, 9.17) is 10.00 Å². The summed E-state index contributed by atoms with van der Waals surface area (Å²) in [4.78, 5) is 0. The van der Waals surface area contributed by atoms with Crippen LogP contribution >= 0.6 is 0 Å². The van der Waals surface area contributed by atoms with E-state index in [1.54, 1.807) is 24.3 Å². The molecule has 0 spiro atoms. The third-order valence-electron chi connectivity index (χ3n) is 1.53. The van der Waals surface area contributed by atoms with Crippen molar-refractivity contribution in [1.82, 2.24) is 0 Å². The van der Waals surface area contributed by atoms with Gasteiger partial charge in [0.2, 0.25) is 0 Å². The molecule has 0 aliphatic carbocycles. The molecular formula is C10H10FNO.